The minimum absolute atomic E-state index is 0.263. The van der Waals surface area contributed by atoms with Crippen molar-refractivity contribution in [3.05, 3.63) is 29.9 Å². The molecule has 1 unspecified atom stereocenters. The Bertz CT molecular complexity index is 434. The van der Waals surface area contributed by atoms with Crippen LogP contribution < -0.4 is 0 Å². The first-order valence-corrected chi connectivity index (χ1v) is 6.29. The highest BCUT2D eigenvalue weighted by molar-refractivity contribution is 7.13. The Labute approximate surface area is 99.4 Å². The van der Waals surface area contributed by atoms with E-state index in [4.69, 9.17) is 0 Å². The van der Waals surface area contributed by atoms with Gasteiger partial charge in [-0.1, -0.05) is 19.9 Å². The molecule has 0 aliphatic carbocycles. The third kappa shape index (κ3) is 2.33. The molecular formula is C12H16N2OS. The van der Waals surface area contributed by atoms with Gasteiger partial charge in [0.1, 0.15) is 5.82 Å². The lowest BCUT2D eigenvalue weighted by atomic mass is 10.1. The summed E-state index contributed by atoms with van der Waals surface area (Å²) in [5, 5.41) is 11.9. The highest BCUT2D eigenvalue weighted by Gasteiger charge is 2.13. The zero-order valence-corrected chi connectivity index (χ0v) is 10.3. The molecule has 2 aromatic rings. The molecule has 0 spiro atoms. The van der Waals surface area contributed by atoms with Gasteiger partial charge in [-0.25, -0.2) is 4.98 Å². The van der Waals surface area contributed by atoms with Crippen LogP contribution in [0.25, 0.3) is 10.7 Å². The van der Waals surface area contributed by atoms with Gasteiger partial charge in [0.2, 0.25) is 0 Å². The summed E-state index contributed by atoms with van der Waals surface area (Å²) in [4.78, 5) is 5.47. The van der Waals surface area contributed by atoms with Gasteiger partial charge in [0.05, 0.1) is 17.5 Å². The van der Waals surface area contributed by atoms with Crippen LogP contribution in [-0.2, 0) is 6.54 Å². The minimum atomic E-state index is -0.326. The second kappa shape index (κ2) is 4.80. The summed E-state index contributed by atoms with van der Waals surface area (Å²) in [7, 11) is 0. The third-order valence-electron chi connectivity index (χ3n) is 2.61. The van der Waals surface area contributed by atoms with Gasteiger partial charge in [-0.3, -0.25) is 0 Å². The summed E-state index contributed by atoms with van der Waals surface area (Å²) in [6.07, 6.45) is 3.37. The molecule has 4 heteroatoms. The van der Waals surface area contributed by atoms with Crippen molar-refractivity contribution in [2.75, 3.05) is 0 Å². The van der Waals surface area contributed by atoms with Crippen LogP contribution in [0.3, 0.4) is 0 Å². The number of nitrogens with zero attached hydrogens (tertiary/aromatic N) is 2. The van der Waals surface area contributed by atoms with E-state index in [1.807, 2.05) is 42.1 Å². The SMILES string of the molecule is CC(C)C(O)Cn1ccnc1-c1cccs1. The van der Waals surface area contributed by atoms with Gasteiger partial charge >= 0.3 is 0 Å². The molecule has 2 aromatic heterocycles. The number of thiophene rings is 1. The average Bonchev–Trinajstić information content (AvgIpc) is 2.85. The molecule has 0 radical (unpaired) electrons. The van der Waals surface area contributed by atoms with Crippen molar-refractivity contribution in [2.45, 2.75) is 26.5 Å². The number of hydrogen-bond acceptors (Lipinski definition) is 3. The van der Waals surface area contributed by atoms with Crippen molar-refractivity contribution < 1.29 is 5.11 Å². The molecule has 2 heterocycles. The summed E-state index contributed by atoms with van der Waals surface area (Å²) in [5.74, 6) is 1.20. The molecule has 1 N–H and O–H groups in total. The first kappa shape index (κ1) is 11.4. The minimum Gasteiger partial charge on any atom is -0.391 e. The summed E-state index contributed by atoms with van der Waals surface area (Å²) < 4.78 is 2.01. The lowest BCUT2D eigenvalue weighted by molar-refractivity contribution is 0.107. The Morgan fingerprint density at radius 3 is 2.94 bits per heavy atom. The molecule has 2 rings (SSSR count). The highest BCUT2D eigenvalue weighted by atomic mass is 32.1. The number of aliphatic hydroxyl groups excluding tert-OH is 1. The Morgan fingerprint density at radius 2 is 2.31 bits per heavy atom. The van der Waals surface area contributed by atoms with E-state index in [1.54, 1.807) is 17.5 Å². The van der Waals surface area contributed by atoms with Crippen molar-refractivity contribution in [1.29, 1.82) is 0 Å². The Balaban J connectivity index is 2.20. The predicted molar refractivity (Wildman–Crippen MR) is 66.4 cm³/mol. The van der Waals surface area contributed by atoms with Gasteiger partial charge in [0.25, 0.3) is 0 Å². The maximum Gasteiger partial charge on any atom is 0.150 e. The Kier molecular flexibility index (Phi) is 3.41. The maximum atomic E-state index is 9.88. The molecule has 0 aliphatic rings. The largest absolute Gasteiger partial charge is 0.391 e. The van der Waals surface area contributed by atoms with E-state index in [1.165, 1.54) is 0 Å². The quantitative estimate of drug-likeness (QED) is 0.886. The second-order valence-electron chi connectivity index (χ2n) is 4.19. The van der Waals surface area contributed by atoms with Crippen LogP contribution in [0.4, 0.5) is 0 Å². The Morgan fingerprint density at radius 1 is 1.50 bits per heavy atom. The molecule has 3 nitrogen and oxygen atoms in total. The Hall–Kier alpha value is -1.13. The van der Waals surface area contributed by atoms with Crippen LogP contribution in [0.15, 0.2) is 29.9 Å². The fraction of sp³-hybridized carbons (Fsp3) is 0.417. The standard InChI is InChI=1S/C12H16N2OS/c1-9(2)10(15)8-14-6-5-13-12(14)11-4-3-7-16-11/h3-7,9-10,15H,8H2,1-2H3. The molecule has 0 aliphatic heterocycles. The molecule has 0 aromatic carbocycles. The number of imidazole rings is 1. The van der Waals surface area contributed by atoms with Crippen LogP contribution in [0.2, 0.25) is 0 Å². The fourth-order valence-electron chi connectivity index (χ4n) is 1.50. The average molecular weight is 236 g/mol. The first-order valence-electron chi connectivity index (χ1n) is 5.41. The summed E-state index contributed by atoms with van der Waals surface area (Å²) in [5.41, 5.74) is 0. The topological polar surface area (TPSA) is 38.0 Å². The van der Waals surface area contributed by atoms with E-state index in [9.17, 15) is 5.11 Å². The van der Waals surface area contributed by atoms with Gasteiger partial charge in [-0.05, 0) is 17.4 Å². The smallest absolute Gasteiger partial charge is 0.150 e. The van der Waals surface area contributed by atoms with Crippen molar-refractivity contribution in [3.8, 4) is 10.7 Å². The van der Waals surface area contributed by atoms with E-state index < -0.39 is 0 Å². The van der Waals surface area contributed by atoms with Crippen LogP contribution in [0.1, 0.15) is 13.8 Å². The van der Waals surface area contributed by atoms with Crippen molar-refractivity contribution in [1.82, 2.24) is 9.55 Å². The van der Waals surface area contributed by atoms with Crippen LogP contribution in [0, 0.1) is 5.92 Å². The van der Waals surface area contributed by atoms with Gasteiger partial charge in [0, 0.05) is 12.4 Å². The van der Waals surface area contributed by atoms with E-state index >= 15 is 0 Å². The van der Waals surface area contributed by atoms with Crippen LogP contribution >= 0.6 is 11.3 Å². The molecule has 0 amide bonds. The summed E-state index contributed by atoms with van der Waals surface area (Å²) in [6, 6.07) is 4.06. The molecule has 0 saturated heterocycles. The second-order valence-corrected chi connectivity index (χ2v) is 5.14. The van der Waals surface area contributed by atoms with Gasteiger partial charge in [-0.2, -0.15) is 0 Å². The molecule has 1 atom stereocenters. The summed E-state index contributed by atoms with van der Waals surface area (Å²) in [6.45, 7) is 4.64. The summed E-state index contributed by atoms with van der Waals surface area (Å²) >= 11 is 1.67. The normalized spacial score (nSPS) is 13.2. The van der Waals surface area contributed by atoms with Crippen LogP contribution in [-0.4, -0.2) is 20.8 Å². The van der Waals surface area contributed by atoms with E-state index in [0.29, 0.717) is 6.54 Å². The first-order chi connectivity index (χ1) is 7.68. The molecule has 0 saturated carbocycles. The molecule has 0 fully saturated rings. The fourth-order valence-corrected chi connectivity index (χ4v) is 2.24. The van der Waals surface area contributed by atoms with Gasteiger partial charge < -0.3 is 9.67 Å². The van der Waals surface area contributed by atoms with Crippen molar-refractivity contribution in [2.24, 2.45) is 5.92 Å². The van der Waals surface area contributed by atoms with Gasteiger partial charge in [0.15, 0.2) is 0 Å². The van der Waals surface area contributed by atoms with E-state index in [-0.39, 0.29) is 12.0 Å². The van der Waals surface area contributed by atoms with Crippen molar-refractivity contribution >= 4 is 11.3 Å². The van der Waals surface area contributed by atoms with Gasteiger partial charge in [-0.15, -0.1) is 11.3 Å². The molecular weight excluding hydrogens is 220 g/mol. The number of hydrogen-bond donors (Lipinski definition) is 1. The number of rotatable bonds is 4. The third-order valence-corrected chi connectivity index (χ3v) is 3.48. The lowest BCUT2D eigenvalue weighted by Gasteiger charge is -2.16. The zero-order chi connectivity index (χ0) is 11.5. The predicted octanol–water partition coefficient (Wildman–Crippen LogP) is 2.63. The molecule has 0 bridgehead atoms. The van der Waals surface area contributed by atoms with E-state index in [2.05, 4.69) is 4.98 Å². The monoisotopic (exact) mass is 236 g/mol. The number of aromatic nitrogens is 2. The van der Waals surface area contributed by atoms with E-state index in [0.717, 1.165) is 10.7 Å². The highest BCUT2D eigenvalue weighted by Crippen LogP contribution is 2.23. The number of aliphatic hydroxyl groups is 1. The molecule has 86 valence electrons. The maximum absolute atomic E-state index is 9.88. The zero-order valence-electron chi connectivity index (χ0n) is 9.50. The lowest BCUT2D eigenvalue weighted by Crippen LogP contribution is -2.21. The van der Waals surface area contributed by atoms with Crippen molar-refractivity contribution in [3.63, 3.8) is 0 Å². The molecule has 16 heavy (non-hydrogen) atoms. The van der Waals surface area contributed by atoms with Crippen LogP contribution in [0.5, 0.6) is 0 Å².